The van der Waals surface area contributed by atoms with Gasteiger partial charge in [0, 0.05) is 18.0 Å². The Balaban J connectivity index is 0.00000161. The molecule has 0 bridgehead atoms. The number of fused-ring (bicyclic) bond motifs is 3. The third-order valence-corrected chi connectivity index (χ3v) is 4.29. The van der Waals surface area contributed by atoms with Gasteiger partial charge < -0.3 is 15.8 Å². The van der Waals surface area contributed by atoms with Crippen molar-refractivity contribution in [3.8, 4) is 17.6 Å². The predicted octanol–water partition coefficient (Wildman–Crippen LogP) is 2.80. The van der Waals surface area contributed by atoms with Crippen LogP contribution in [-0.2, 0) is 6.42 Å². The van der Waals surface area contributed by atoms with Gasteiger partial charge in [0.05, 0.1) is 16.8 Å². The molecule has 0 saturated carbocycles. The zero-order valence-corrected chi connectivity index (χ0v) is 13.6. The molecule has 0 saturated heterocycles. The molecule has 0 radical (unpaired) electrons. The van der Waals surface area contributed by atoms with E-state index in [0.717, 1.165) is 29.4 Å². The lowest BCUT2D eigenvalue weighted by Crippen LogP contribution is -2.36. The van der Waals surface area contributed by atoms with Gasteiger partial charge in [-0.1, -0.05) is 17.3 Å². The molecule has 4 nitrogen and oxygen atoms in total. The average Bonchev–Trinajstić information content (AvgIpc) is 3.02. The third-order valence-electron chi connectivity index (χ3n) is 3.34. The zero-order chi connectivity index (χ0) is 14.1. The summed E-state index contributed by atoms with van der Waals surface area (Å²) in [6, 6.07) is 3.96. The second-order valence-electron chi connectivity index (χ2n) is 4.88. The Morgan fingerprint density at radius 3 is 3.00 bits per heavy atom. The lowest BCUT2D eigenvalue weighted by molar-refractivity contribution is 0.357. The van der Waals surface area contributed by atoms with E-state index in [9.17, 15) is 0 Å². The minimum atomic E-state index is -0.0788. The van der Waals surface area contributed by atoms with Gasteiger partial charge in [0.2, 0.25) is 0 Å². The van der Waals surface area contributed by atoms with Crippen molar-refractivity contribution in [1.29, 1.82) is 0 Å². The minimum absolute atomic E-state index is 0. The highest BCUT2D eigenvalue weighted by Crippen LogP contribution is 2.36. The molecule has 0 amide bonds. The number of nitrogens with two attached hydrogens (primary N) is 1. The summed E-state index contributed by atoms with van der Waals surface area (Å²) in [6.45, 7) is 4.51. The number of anilines is 1. The van der Waals surface area contributed by atoms with Crippen LogP contribution >= 0.6 is 23.7 Å². The van der Waals surface area contributed by atoms with Crippen LogP contribution in [0.5, 0.6) is 5.75 Å². The lowest BCUT2D eigenvalue weighted by Gasteiger charge is -2.15. The standard InChI is InChI=1S/C15H17N3OS.ClH/c1-3-4-11(9(2)16)17-15-18-14-10-7-8-19-12(10)5-6-13(14)20-15;/h5-6,9,11H,7-8,16H2,1-2H3,(H,17,18);1H. The Bertz CT molecular complexity index is 702. The summed E-state index contributed by atoms with van der Waals surface area (Å²) in [5.74, 6) is 6.96. The monoisotopic (exact) mass is 323 g/mol. The van der Waals surface area contributed by atoms with Crippen molar-refractivity contribution in [2.45, 2.75) is 32.4 Å². The van der Waals surface area contributed by atoms with Gasteiger partial charge >= 0.3 is 0 Å². The quantitative estimate of drug-likeness (QED) is 0.853. The summed E-state index contributed by atoms with van der Waals surface area (Å²) in [5.41, 5.74) is 8.20. The van der Waals surface area contributed by atoms with Gasteiger partial charge in [0.15, 0.2) is 5.13 Å². The van der Waals surface area contributed by atoms with Crippen molar-refractivity contribution >= 4 is 39.1 Å². The number of aromatic nitrogens is 1. The molecule has 6 heteroatoms. The molecule has 0 aliphatic carbocycles. The maximum Gasteiger partial charge on any atom is 0.184 e. The van der Waals surface area contributed by atoms with Crippen LogP contribution < -0.4 is 15.8 Å². The molecule has 2 aromatic rings. The number of hydrogen-bond donors (Lipinski definition) is 2. The van der Waals surface area contributed by atoms with E-state index < -0.39 is 0 Å². The summed E-state index contributed by atoms with van der Waals surface area (Å²) in [6.07, 6.45) is 0.932. The number of nitrogens with zero attached hydrogens (tertiary/aromatic N) is 1. The lowest BCUT2D eigenvalue weighted by atomic mass is 10.1. The Morgan fingerprint density at radius 1 is 1.48 bits per heavy atom. The normalized spacial score (nSPS) is 15.2. The van der Waals surface area contributed by atoms with E-state index in [4.69, 9.17) is 15.5 Å². The summed E-state index contributed by atoms with van der Waals surface area (Å²) in [5, 5.41) is 4.19. The van der Waals surface area contributed by atoms with Gasteiger partial charge in [0.1, 0.15) is 11.8 Å². The van der Waals surface area contributed by atoms with E-state index in [2.05, 4.69) is 23.2 Å². The van der Waals surface area contributed by atoms with Crippen molar-refractivity contribution in [3.63, 3.8) is 0 Å². The number of thiazole rings is 1. The number of ether oxygens (including phenoxy) is 1. The molecule has 1 aromatic carbocycles. The topological polar surface area (TPSA) is 60.2 Å². The molecule has 2 heterocycles. The molecule has 1 aromatic heterocycles. The Labute approximate surface area is 134 Å². The van der Waals surface area contributed by atoms with Crippen LogP contribution in [-0.4, -0.2) is 23.7 Å². The Hall–Kier alpha value is -1.48. The summed E-state index contributed by atoms with van der Waals surface area (Å²) in [4.78, 5) is 4.69. The molecule has 1 aliphatic heterocycles. The number of rotatable bonds is 3. The Kier molecular flexibility index (Phi) is 4.94. The maximum absolute atomic E-state index is 5.95. The highest BCUT2D eigenvalue weighted by atomic mass is 35.5. The molecular formula is C15H18ClN3OS. The second kappa shape index (κ2) is 6.52. The third kappa shape index (κ3) is 3.08. The summed E-state index contributed by atoms with van der Waals surface area (Å²) in [7, 11) is 0. The smallest absolute Gasteiger partial charge is 0.184 e. The first-order valence-electron chi connectivity index (χ1n) is 6.68. The van der Waals surface area contributed by atoms with Crippen molar-refractivity contribution in [1.82, 2.24) is 4.98 Å². The maximum atomic E-state index is 5.95. The minimum Gasteiger partial charge on any atom is -0.493 e. The van der Waals surface area contributed by atoms with Crippen molar-refractivity contribution in [2.24, 2.45) is 5.73 Å². The van der Waals surface area contributed by atoms with E-state index in [1.807, 2.05) is 19.9 Å². The van der Waals surface area contributed by atoms with Crippen molar-refractivity contribution < 1.29 is 4.74 Å². The van der Waals surface area contributed by atoms with Gasteiger partial charge in [-0.05, 0) is 26.0 Å². The first-order chi connectivity index (χ1) is 9.69. The van der Waals surface area contributed by atoms with Crippen LogP contribution in [0.1, 0.15) is 19.4 Å². The zero-order valence-electron chi connectivity index (χ0n) is 12.0. The number of nitrogens with one attached hydrogen (secondary N) is 1. The first kappa shape index (κ1) is 15.9. The van der Waals surface area contributed by atoms with Gasteiger partial charge in [-0.15, -0.1) is 18.3 Å². The van der Waals surface area contributed by atoms with E-state index >= 15 is 0 Å². The second-order valence-corrected chi connectivity index (χ2v) is 5.91. The van der Waals surface area contributed by atoms with E-state index in [0.29, 0.717) is 0 Å². The number of halogens is 1. The molecule has 3 N–H and O–H groups in total. The van der Waals surface area contributed by atoms with Crippen LogP contribution in [0.25, 0.3) is 10.2 Å². The molecule has 2 atom stereocenters. The van der Waals surface area contributed by atoms with Crippen LogP contribution in [0.3, 0.4) is 0 Å². The SMILES string of the molecule is CC#CC(Nc1nc2c3c(ccc2s1)OCC3)C(C)N.Cl. The highest BCUT2D eigenvalue weighted by Gasteiger charge is 2.19. The van der Waals surface area contributed by atoms with Crippen LogP contribution in [0.2, 0.25) is 0 Å². The van der Waals surface area contributed by atoms with Gasteiger partial charge in [-0.3, -0.25) is 0 Å². The molecule has 3 rings (SSSR count). The fourth-order valence-corrected chi connectivity index (χ4v) is 3.25. The fraction of sp³-hybridized carbons (Fsp3) is 0.400. The first-order valence-corrected chi connectivity index (χ1v) is 7.50. The molecule has 21 heavy (non-hydrogen) atoms. The molecule has 0 fully saturated rings. The molecule has 0 spiro atoms. The molecular weight excluding hydrogens is 306 g/mol. The van der Waals surface area contributed by atoms with Crippen molar-refractivity contribution in [2.75, 3.05) is 11.9 Å². The van der Waals surface area contributed by atoms with Gasteiger partial charge in [0.25, 0.3) is 0 Å². The van der Waals surface area contributed by atoms with E-state index in [1.54, 1.807) is 11.3 Å². The summed E-state index contributed by atoms with van der Waals surface area (Å²) < 4.78 is 6.75. The highest BCUT2D eigenvalue weighted by molar-refractivity contribution is 7.22. The van der Waals surface area contributed by atoms with Crippen LogP contribution in [0, 0.1) is 11.8 Å². The Morgan fingerprint density at radius 2 is 2.29 bits per heavy atom. The van der Waals surface area contributed by atoms with Crippen LogP contribution in [0.4, 0.5) is 5.13 Å². The molecule has 2 unspecified atom stereocenters. The number of hydrogen-bond acceptors (Lipinski definition) is 5. The molecule has 1 aliphatic rings. The van der Waals surface area contributed by atoms with Gasteiger partial charge in [-0.25, -0.2) is 4.98 Å². The van der Waals surface area contributed by atoms with Crippen molar-refractivity contribution in [3.05, 3.63) is 17.7 Å². The number of benzene rings is 1. The van der Waals surface area contributed by atoms with Gasteiger partial charge in [-0.2, -0.15) is 0 Å². The predicted molar refractivity (Wildman–Crippen MR) is 90.6 cm³/mol. The van der Waals surface area contributed by atoms with E-state index in [1.165, 1.54) is 10.3 Å². The van der Waals surface area contributed by atoms with Crippen LogP contribution in [0.15, 0.2) is 12.1 Å². The molecule has 112 valence electrons. The largest absolute Gasteiger partial charge is 0.493 e. The fourth-order valence-electron chi connectivity index (χ4n) is 2.32. The average molecular weight is 324 g/mol. The van der Waals surface area contributed by atoms with E-state index in [-0.39, 0.29) is 24.5 Å². The summed E-state index contributed by atoms with van der Waals surface area (Å²) >= 11 is 1.63.